The van der Waals surface area contributed by atoms with Crippen molar-refractivity contribution in [2.45, 2.75) is 6.92 Å². The third kappa shape index (κ3) is 7.17. The summed E-state index contributed by atoms with van der Waals surface area (Å²) < 4.78 is 0. The summed E-state index contributed by atoms with van der Waals surface area (Å²) in [5.74, 6) is -0.698. The van der Waals surface area contributed by atoms with Crippen molar-refractivity contribution in [1.29, 1.82) is 0 Å². The summed E-state index contributed by atoms with van der Waals surface area (Å²) in [6.07, 6.45) is 0. The topological polar surface area (TPSA) is 103 Å². The minimum atomic E-state index is -0.553. The molecule has 9 heteroatoms. The molecule has 0 unspecified atom stereocenters. The van der Waals surface area contributed by atoms with Crippen LogP contribution in [0.1, 0.15) is 12.5 Å². The predicted molar refractivity (Wildman–Crippen MR) is 141 cm³/mol. The van der Waals surface area contributed by atoms with E-state index in [-0.39, 0.29) is 19.0 Å². The van der Waals surface area contributed by atoms with Crippen molar-refractivity contribution < 1.29 is 19.2 Å². The Morgan fingerprint density at radius 3 is 2.14 bits per heavy atom. The van der Waals surface area contributed by atoms with Crippen LogP contribution in [0.25, 0.3) is 0 Å². The number of amides is 4. The van der Waals surface area contributed by atoms with Gasteiger partial charge in [-0.05, 0) is 43.3 Å². The molecule has 0 saturated heterocycles. The molecule has 3 aromatic rings. The van der Waals surface area contributed by atoms with Gasteiger partial charge in [-0.2, -0.15) is 0 Å². The molecule has 0 heterocycles. The van der Waals surface area contributed by atoms with Crippen LogP contribution in [0.3, 0.4) is 0 Å². The number of likely N-dealkylation sites (N-methyl/N-ethyl adjacent to an activating group) is 1. The molecule has 0 aliphatic carbocycles. The highest BCUT2D eigenvalue weighted by atomic mass is 16.6. The largest absolute Gasteiger partial charge is 0.399 e. The van der Waals surface area contributed by atoms with E-state index in [0.717, 1.165) is 5.56 Å². The fraction of sp³-hybridized carbons (Fsp3) is 0.185. The van der Waals surface area contributed by atoms with E-state index in [1.54, 1.807) is 56.4 Å². The Morgan fingerprint density at radius 2 is 1.50 bits per heavy atom. The molecular formula is C27H29N5O4. The number of hydrogen-bond acceptors (Lipinski definition) is 5. The molecule has 0 aliphatic heterocycles. The summed E-state index contributed by atoms with van der Waals surface area (Å²) >= 11 is 0. The lowest BCUT2D eigenvalue weighted by Gasteiger charge is -2.25. The molecule has 0 aliphatic rings. The van der Waals surface area contributed by atoms with Crippen LogP contribution in [0.2, 0.25) is 0 Å². The maximum atomic E-state index is 13.1. The van der Waals surface area contributed by atoms with Crippen molar-refractivity contribution in [3.05, 3.63) is 90.5 Å². The molecule has 3 aromatic carbocycles. The van der Waals surface area contributed by atoms with Crippen LogP contribution in [0.5, 0.6) is 0 Å². The fourth-order valence-electron chi connectivity index (χ4n) is 3.41. The molecule has 9 nitrogen and oxygen atoms in total. The number of nitrogens with zero attached hydrogens (tertiary/aromatic N) is 3. The van der Waals surface area contributed by atoms with E-state index in [0.29, 0.717) is 22.8 Å². The summed E-state index contributed by atoms with van der Waals surface area (Å²) in [6.45, 7) is 1.31. The lowest BCUT2D eigenvalue weighted by molar-refractivity contribution is -0.121. The Labute approximate surface area is 210 Å². The van der Waals surface area contributed by atoms with Crippen molar-refractivity contribution in [3.63, 3.8) is 0 Å². The molecule has 0 atom stereocenters. The summed E-state index contributed by atoms with van der Waals surface area (Å²) in [7, 11) is 3.12. The number of para-hydroxylation sites is 2. The van der Waals surface area contributed by atoms with Crippen LogP contribution in [0.15, 0.2) is 90.1 Å². The third-order valence-electron chi connectivity index (χ3n) is 5.35. The fourth-order valence-corrected chi connectivity index (χ4v) is 3.41. The van der Waals surface area contributed by atoms with Crippen LogP contribution >= 0.6 is 0 Å². The van der Waals surface area contributed by atoms with E-state index in [2.05, 4.69) is 15.8 Å². The molecule has 186 valence electrons. The van der Waals surface area contributed by atoms with Crippen molar-refractivity contribution in [3.8, 4) is 0 Å². The standard InChI is InChI=1S/C27H29N5O4/c1-20(30-36-3)21-11-10-12-22(17-21)29-27(35)28-18-25(33)32(24-15-8-5-9-16-24)19-26(34)31(2)23-13-6-4-7-14-23/h4-17H,18-19H2,1-3H3,(H2,28,29,35)/b30-20-. The predicted octanol–water partition coefficient (Wildman–Crippen LogP) is 3.87. The number of carbonyl (C=O) groups excluding carboxylic acids is 3. The highest BCUT2D eigenvalue weighted by Crippen LogP contribution is 2.16. The number of anilines is 3. The molecule has 36 heavy (non-hydrogen) atoms. The molecule has 0 fully saturated rings. The Morgan fingerprint density at radius 1 is 0.861 bits per heavy atom. The number of urea groups is 1. The molecule has 3 rings (SSSR count). The van der Waals surface area contributed by atoms with Gasteiger partial charge in [0.25, 0.3) is 0 Å². The minimum Gasteiger partial charge on any atom is -0.399 e. The van der Waals surface area contributed by atoms with Crippen LogP contribution in [-0.4, -0.2) is 50.8 Å². The molecule has 0 radical (unpaired) electrons. The van der Waals surface area contributed by atoms with E-state index < -0.39 is 11.9 Å². The summed E-state index contributed by atoms with van der Waals surface area (Å²) in [5, 5.41) is 9.16. The molecule has 0 aromatic heterocycles. The highest BCUT2D eigenvalue weighted by molar-refractivity contribution is 6.05. The number of nitrogens with one attached hydrogen (secondary N) is 2. The van der Waals surface area contributed by atoms with Gasteiger partial charge in [0.05, 0.1) is 12.3 Å². The first-order chi connectivity index (χ1) is 17.4. The first kappa shape index (κ1) is 26.0. The molecule has 0 saturated carbocycles. The Hall–Kier alpha value is -4.66. The lowest BCUT2D eigenvalue weighted by atomic mass is 10.1. The number of oxime groups is 1. The highest BCUT2D eigenvalue weighted by Gasteiger charge is 2.22. The number of rotatable bonds is 9. The summed E-state index contributed by atoms with van der Waals surface area (Å²) in [6, 6.07) is 24.6. The quantitative estimate of drug-likeness (QED) is 0.353. The van der Waals surface area contributed by atoms with Crippen molar-refractivity contribution >= 4 is 40.6 Å². The van der Waals surface area contributed by atoms with Gasteiger partial charge in [0, 0.05) is 29.7 Å². The molecule has 4 amide bonds. The zero-order valence-corrected chi connectivity index (χ0v) is 20.5. The molecular weight excluding hydrogens is 458 g/mol. The van der Waals surface area contributed by atoms with E-state index >= 15 is 0 Å². The SMILES string of the molecule is CO/N=C(/C)c1cccc(NC(=O)NCC(=O)N(CC(=O)N(C)c2ccccc2)c2ccccc2)c1. The zero-order chi connectivity index (χ0) is 25.9. The van der Waals surface area contributed by atoms with Gasteiger partial charge in [0.1, 0.15) is 13.7 Å². The number of benzene rings is 3. The van der Waals surface area contributed by atoms with E-state index in [1.807, 2.05) is 42.5 Å². The second-order valence-corrected chi connectivity index (χ2v) is 7.85. The molecule has 2 N–H and O–H groups in total. The van der Waals surface area contributed by atoms with Crippen molar-refractivity contribution in [2.75, 3.05) is 42.4 Å². The van der Waals surface area contributed by atoms with Gasteiger partial charge in [-0.15, -0.1) is 0 Å². The van der Waals surface area contributed by atoms with Gasteiger partial charge in [-0.1, -0.05) is 53.7 Å². The van der Waals surface area contributed by atoms with E-state index in [9.17, 15) is 14.4 Å². The smallest absolute Gasteiger partial charge is 0.319 e. The normalized spacial score (nSPS) is 10.8. The number of hydrogen-bond donors (Lipinski definition) is 2. The second-order valence-electron chi connectivity index (χ2n) is 7.85. The van der Waals surface area contributed by atoms with Gasteiger partial charge >= 0.3 is 6.03 Å². The van der Waals surface area contributed by atoms with Crippen LogP contribution in [-0.2, 0) is 14.4 Å². The average molecular weight is 488 g/mol. The van der Waals surface area contributed by atoms with Crippen LogP contribution < -0.4 is 20.4 Å². The first-order valence-corrected chi connectivity index (χ1v) is 11.3. The molecule has 0 bridgehead atoms. The second kappa shape index (κ2) is 12.7. The van der Waals surface area contributed by atoms with Crippen LogP contribution in [0.4, 0.5) is 21.9 Å². The number of carbonyl (C=O) groups is 3. The van der Waals surface area contributed by atoms with E-state index in [1.165, 1.54) is 16.9 Å². The zero-order valence-electron chi connectivity index (χ0n) is 20.5. The van der Waals surface area contributed by atoms with Gasteiger partial charge in [-0.3, -0.25) is 9.59 Å². The Kier molecular flexibility index (Phi) is 9.16. The Balaban J connectivity index is 1.65. The van der Waals surface area contributed by atoms with Gasteiger partial charge < -0.3 is 25.3 Å². The van der Waals surface area contributed by atoms with E-state index in [4.69, 9.17) is 4.84 Å². The summed E-state index contributed by atoms with van der Waals surface area (Å²) in [5.41, 5.74) is 3.23. The minimum absolute atomic E-state index is 0.183. The maximum absolute atomic E-state index is 13.1. The van der Waals surface area contributed by atoms with Gasteiger partial charge in [-0.25, -0.2) is 4.79 Å². The van der Waals surface area contributed by atoms with Crippen molar-refractivity contribution in [1.82, 2.24) is 5.32 Å². The summed E-state index contributed by atoms with van der Waals surface area (Å²) in [4.78, 5) is 46.2. The van der Waals surface area contributed by atoms with Gasteiger partial charge in [0.15, 0.2) is 0 Å². The maximum Gasteiger partial charge on any atom is 0.319 e. The van der Waals surface area contributed by atoms with Gasteiger partial charge in [0.2, 0.25) is 11.8 Å². The van der Waals surface area contributed by atoms with Crippen LogP contribution in [0, 0.1) is 0 Å². The molecule has 0 spiro atoms. The monoisotopic (exact) mass is 487 g/mol. The third-order valence-corrected chi connectivity index (χ3v) is 5.35. The lowest BCUT2D eigenvalue weighted by Crippen LogP contribution is -2.46. The van der Waals surface area contributed by atoms with Crippen molar-refractivity contribution in [2.24, 2.45) is 5.16 Å². The Bertz CT molecular complexity index is 1220. The average Bonchev–Trinajstić information content (AvgIpc) is 2.91. The first-order valence-electron chi connectivity index (χ1n) is 11.3.